The topological polar surface area (TPSA) is 101 Å². The minimum atomic E-state index is -1.01. The summed E-state index contributed by atoms with van der Waals surface area (Å²) in [5.74, 6) is 0.725. The lowest BCUT2D eigenvalue weighted by Gasteiger charge is -2.38. The number of benzene rings is 1. The molecule has 2 amide bonds. The Hall–Kier alpha value is -2.52. The number of carbonyl (C=O) groups is 2. The van der Waals surface area contributed by atoms with Crippen molar-refractivity contribution in [1.82, 2.24) is 15.1 Å². The fraction of sp³-hybridized carbons (Fsp3) is 0.704. The lowest BCUT2D eigenvalue weighted by atomic mass is 9.68. The number of alkyl carbamates (subject to hydrolysis) is 1. The standard InChI is InChI=1S/C27H41N3O6/c1-26(2,3)36-25(33)30-17-22(31)23(21(30)16-19-6-8-20(34-4)9-7-19)35-24(32)28-13-15-29-14-12-27(18-29)10-5-11-27/h6-9,21-23,31H,5,10-18H2,1-4H3,(H,28,32)/t21-,22+,23+/m1/s1. The summed E-state index contributed by atoms with van der Waals surface area (Å²) in [6.07, 6.45) is 2.62. The maximum absolute atomic E-state index is 13.0. The molecular weight excluding hydrogens is 462 g/mol. The third-order valence-electron chi connectivity index (χ3n) is 7.65. The van der Waals surface area contributed by atoms with E-state index in [1.165, 1.54) is 30.6 Å². The number of β-amino-alcohol motifs (C(OH)–C–C–N with tert-alkyl or cyclic N) is 1. The zero-order valence-electron chi connectivity index (χ0n) is 22.0. The molecule has 9 nitrogen and oxygen atoms in total. The van der Waals surface area contributed by atoms with E-state index in [9.17, 15) is 14.7 Å². The van der Waals surface area contributed by atoms with Gasteiger partial charge in [-0.15, -0.1) is 0 Å². The van der Waals surface area contributed by atoms with E-state index in [0.29, 0.717) is 18.4 Å². The van der Waals surface area contributed by atoms with Crippen LogP contribution in [-0.2, 0) is 15.9 Å². The van der Waals surface area contributed by atoms with Gasteiger partial charge in [0.25, 0.3) is 0 Å². The van der Waals surface area contributed by atoms with Crippen molar-refractivity contribution in [2.45, 2.75) is 76.7 Å². The van der Waals surface area contributed by atoms with Gasteiger partial charge in [0.1, 0.15) is 17.5 Å². The molecule has 0 unspecified atom stereocenters. The van der Waals surface area contributed by atoms with Gasteiger partial charge in [-0.05, 0) is 76.1 Å². The predicted octanol–water partition coefficient (Wildman–Crippen LogP) is 3.19. The zero-order chi connectivity index (χ0) is 25.9. The van der Waals surface area contributed by atoms with Gasteiger partial charge in [0.05, 0.1) is 19.7 Å². The van der Waals surface area contributed by atoms with E-state index in [-0.39, 0.29) is 6.54 Å². The number of likely N-dealkylation sites (tertiary alicyclic amines) is 2. The second kappa shape index (κ2) is 10.8. The minimum absolute atomic E-state index is 0.0313. The highest BCUT2D eigenvalue weighted by Crippen LogP contribution is 2.47. The lowest BCUT2D eigenvalue weighted by molar-refractivity contribution is 0.00588. The van der Waals surface area contributed by atoms with Crippen LogP contribution in [0.3, 0.4) is 0 Å². The van der Waals surface area contributed by atoms with E-state index in [2.05, 4.69) is 10.2 Å². The van der Waals surface area contributed by atoms with Crippen LogP contribution in [0, 0.1) is 5.41 Å². The second-order valence-electron chi connectivity index (χ2n) is 11.5. The first-order valence-corrected chi connectivity index (χ1v) is 13.0. The van der Waals surface area contributed by atoms with Crippen LogP contribution in [0.1, 0.15) is 52.0 Å². The fourth-order valence-corrected chi connectivity index (χ4v) is 5.58. The molecule has 2 aliphatic heterocycles. The molecule has 200 valence electrons. The van der Waals surface area contributed by atoms with Crippen LogP contribution < -0.4 is 10.1 Å². The molecule has 1 aliphatic carbocycles. The number of nitrogens with zero attached hydrogens (tertiary/aromatic N) is 2. The molecule has 3 fully saturated rings. The summed E-state index contributed by atoms with van der Waals surface area (Å²) >= 11 is 0. The molecule has 9 heteroatoms. The van der Waals surface area contributed by atoms with Gasteiger partial charge in [-0.2, -0.15) is 0 Å². The van der Waals surface area contributed by atoms with Crippen LogP contribution in [0.5, 0.6) is 5.75 Å². The van der Waals surface area contributed by atoms with E-state index in [1.807, 2.05) is 24.3 Å². The van der Waals surface area contributed by atoms with Crippen molar-refractivity contribution in [3.8, 4) is 5.75 Å². The van der Waals surface area contributed by atoms with E-state index in [4.69, 9.17) is 14.2 Å². The van der Waals surface area contributed by atoms with Crippen LogP contribution in [-0.4, -0.2) is 90.8 Å². The van der Waals surface area contributed by atoms with Crippen LogP contribution in [0.25, 0.3) is 0 Å². The second-order valence-corrected chi connectivity index (χ2v) is 11.5. The molecule has 36 heavy (non-hydrogen) atoms. The molecule has 1 aromatic carbocycles. The number of hydrogen-bond acceptors (Lipinski definition) is 7. The van der Waals surface area contributed by atoms with Crippen molar-refractivity contribution in [1.29, 1.82) is 0 Å². The van der Waals surface area contributed by atoms with Crippen molar-refractivity contribution in [2.75, 3.05) is 39.8 Å². The summed E-state index contributed by atoms with van der Waals surface area (Å²) in [7, 11) is 1.60. The Morgan fingerprint density at radius 2 is 1.89 bits per heavy atom. The molecule has 1 spiro atoms. The number of ether oxygens (including phenoxy) is 3. The van der Waals surface area contributed by atoms with Crippen LogP contribution in [0.2, 0.25) is 0 Å². The van der Waals surface area contributed by atoms with Crippen molar-refractivity contribution in [2.24, 2.45) is 5.41 Å². The number of aliphatic hydroxyl groups is 1. The molecule has 4 rings (SSSR count). The molecule has 0 radical (unpaired) electrons. The number of carbonyl (C=O) groups excluding carboxylic acids is 2. The van der Waals surface area contributed by atoms with Gasteiger partial charge in [-0.1, -0.05) is 18.6 Å². The molecule has 2 saturated heterocycles. The van der Waals surface area contributed by atoms with Crippen molar-refractivity contribution in [3.63, 3.8) is 0 Å². The number of nitrogens with one attached hydrogen (secondary N) is 1. The van der Waals surface area contributed by atoms with Gasteiger partial charge >= 0.3 is 12.2 Å². The van der Waals surface area contributed by atoms with E-state index < -0.39 is 36.0 Å². The molecule has 3 atom stereocenters. The Morgan fingerprint density at radius 3 is 2.47 bits per heavy atom. The number of amides is 2. The van der Waals surface area contributed by atoms with E-state index in [1.54, 1.807) is 27.9 Å². The van der Waals surface area contributed by atoms with Gasteiger partial charge in [-0.25, -0.2) is 9.59 Å². The third kappa shape index (κ3) is 6.42. The average molecular weight is 504 g/mol. The monoisotopic (exact) mass is 503 g/mol. The maximum Gasteiger partial charge on any atom is 0.410 e. The molecule has 2 N–H and O–H groups in total. The molecule has 2 heterocycles. The fourth-order valence-electron chi connectivity index (χ4n) is 5.58. The summed E-state index contributed by atoms with van der Waals surface area (Å²) in [6.45, 7) is 8.87. The Kier molecular flexibility index (Phi) is 7.99. The van der Waals surface area contributed by atoms with E-state index >= 15 is 0 Å². The highest BCUT2D eigenvalue weighted by Gasteiger charge is 2.47. The van der Waals surface area contributed by atoms with Crippen molar-refractivity contribution < 1.29 is 28.9 Å². The first kappa shape index (κ1) is 26.5. The minimum Gasteiger partial charge on any atom is -0.497 e. The lowest BCUT2D eigenvalue weighted by Crippen LogP contribution is -2.46. The van der Waals surface area contributed by atoms with Crippen LogP contribution >= 0.6 is 0 Å². The predicted molar refractivity (Wildman–Crippen MR) is 135 cm³/mol. The number of methoxy groups -OCH3 is 1. The summed E-state index contributed by atoms with van der Waals surface area (Å²) in [6, 6.07) is 6.92. The smallest absolute Gasteiger partial charge is 0.410 e. The molecule has 1 aromatic rings. The maximum atomic E-state index is 13.0. The van der Waals surface area contributed by atoms with Gasteiger partial charge in [0, 0.05) is 19.6 Å². The highest BCUT2D eigenvalue weighted by molar-refractivity contribution is 5.70. The van der Waals surface area contributed by atoms with Gasteiger partial charge in [0.15, 0.2) is 6.10 Å². The Balaban J connectivity index is 1.37. The SMILES string of the molecule is COc1ccc(C[C@@H]2[C@H](OC(=O)NCCN3CCC4(CCC4)C3)[C@@H](O)CN2C(=O)OC(C)(C)C)cc1. The Labute approximate surface area is 214 Å². The summed E-state index contributed by atoms with van der Waals surface area (Å²) in [5, 5.41) is 13.6. The zero-order valence-corrected chi connectivity index (χ0v) is 22.0. The Morgan fingerprint density at radius 1 is 1.17 bits per heavy atom. The largest absolute Gasteiger partial charge is 0.497 e. The molecular formula is C27H41N3O6. The van der Waals surface area contributed by atoms with E-state index in [0.717, 1.165) is 30.9 Å². The van der Waals surface area contributed by atoms with Crippen LogP contribution in [0.15, 0.2) is 24.3 Å². The van der Waals surface area contributed by atoms with Crippen molar-refractivity contribution in [3.05, 3.63) is 29.8 Å². The third-order valence-corrected chi connectivity index (χ3v) is 7.65. The summed E-state index contributed by atoms with van der Waals surface area (Å²) < 4.78 is 16.5. The number of hydrogen-bond donors (Lipinski definition) is 2. The number of aliphatic hydroxyl groups excluding tert-OH is 1. The molecule has 0 aromatic heterocycles. The first-order chi connectivity index (χ1) is 17.1. The normalized spacial score (nSPS) is 25.5. The van der Waals surface area contributed by atoms with Gasteiger partial charge < -0.3 is 29.5 Å². The Bertz CT molecular complexity index is 911. The first-order valence-electron chi connectivity index (χ1n) is 13.0. The molecule has 1 saturated carbocycles. The molecule has 0 bridgehead atoms. The van der Waals surface area contributed by atoms with Crippen molar-refractivity contribution >= 4 is 12.2 Å². The quantitative estimate of drug-likeness (QED) is 0.589. The highest BCUT2D eigenvalue weighted by atomic mass is 16.6. The summed E-state index contributed by atoms with van der Waals surface area (Å²) in [4.78, 5) is 29.5. The van der Waals surface area contributed by atoms with Gasteiger partial charge in [-0.3, -0.25) is 4.90 Å². The number of rotatable bonds is 7. The average Bonchev–Trinajstić information content (AvgIpc) is 3.36. The van der Waals surface area contributed by atoms with Crippen LogP contribution in [0.4, 0.5) is 9.59 Å². The van der Waals surface area contributed by atoms with Gasteiger partial charge in [0.2, 0.25) is 0 Å². The summed E-state index contributed by atoms with van der Waals surface area (Å²) in [5.41, 5.74) is 0.765. The molecule has 3 aliphatic rings.